The average Bonchev–Trinajstić information content (AvgIpc) is 3.24. The molecule has 1 heterocycles. The molecule has 0 amide bonds. The molecule has 0 saturated heterocycles. The number of carbonyl (C=O) groups is 1. The quantitative estimate of drug-likeness (QED) is 0.858. The minimum absolute atomic E-state index is 0.341. The van der Waals surface area contributed by atoms with Crippen molar-refractivity contribution in [3.8, 4) is 0 Å². The first-order valence-electron chi connectivity index (χ1n) is 7.87. The summed E-state index contributed by atoms with van der Waals surface area (Å²) < 4.78 is 2.29. The lowest BCUT2D eigenvalue weighted by Crippen LogP contribution is -2.09. The summed E-state index contributed by atoms with van der Waals surface area (Å²) in [5, 5.41) is 9.21. The van der Waals surface area contributed by atoms with Crippen LogP contribution in [0, 0.1) is 0 Å². The molecule has 0 radical (unpaired) electrons. The molecule has 0 spiro atoms. The van der Waals surface area contributed by atoms with Gasteiger partial charge in [0.15, 0.2) is 0 Å². The van der Waals surface area contributed by atoms with Crippen LogP contribution in [0.5, 0.6) is 0 Å². The Balaban J connectivity index is 2.09. The molecule has 2 aromatic rings. The zero-order chi connectivity index (χ0) is 15.0. The van der Waals surface area contributed by atoms with Crippen molar-refractivity contribution >= 4 is 17.0 Å². The predicted molar refractivity (Wildman–Crippen MR) is 82.9 cm³/mol. The summed E-state index contributed by atoms with van der Waals surface area (Å²) >= 11 is 0. The third-order valence-electron chi connectivity index (χ3n) is 4.32. The Kier molecular flexibility index (Phi) is 3.70. The molecule has 21 heavy (non-hydrogen) atoms. The monoisotopic (exact) mass is 286 g/mol. The third-order valence-corrected chi connectivity index (χ3v) is 4.32. The SMILES string of the molecule is CCCCC(C)n1c(C2CC2)nc2ccc(C(=O)O)cc21. The Morgan fingerprint density at radius 1 is 1.48 bits per heavy atom. The zero-order valence-corrected chi connectivity index (χ0v) is 12.7. The molecule has 1 aromatic heterocycles. The molecule has 1 unspecified atom stereocenters. The van der Waals surface area contributed by atoms with Crippen molar-refractivity contribution in [3.05, 3.63) is 29.6 Å². The van der Waals surface area contributed by atoms with Crippen LogP contribution < -0.4 is 0 Å². The van der Waals surface area contributed by atoms with Gasteiger partial charge in [-0.1, -0.05) is 19.8 Å². The van der Waals surface area contributed by atoms with Crippen LogP contribution >= 0.6 is 0 Å². The Morgan fingerprint density at radius 2 is 2.24 bits per heavy atom. The molecule has 1 fully saturated rings. The van der Waals surface area contributed by atoms with E-state index >= 15 is 0 Å². The van der Waals surface area contributed by atoms with E-state index in [1.54, 1.807) is 12.1 Å². The summed E-state index contributed by atoms with van der Waals surface area (Å²) in [6.45, 7) is 4.42. The standard InChI is InChI=1S/C17H22N2O2/c1-3-4-5-11(2)19-15-10-13(17(20)21)8-9-14(15)18-16(19)12-6-7-12/h8-12H,3-7H2,1-2H3,(H,20,21). The van der Waals surface area contributed by atoms with Gasteiger partial charge in [-0.15, -0.1) is 0 Å². The molecule has 1 N–H and O–H groups in total. The largest absolute Gasteiger partial charge is 0.478 e. The maximum atomic E-state index is 11.2. The zero-order valence-electron chi connectivity index (χ0n) is 12.7. The number of imidazole rings is 1. The van der Waals surface area contributed by atoms with Crippen molar-refractivity contribution in [1.82, 2.24) is 9.55 Å². The molecule has 3 rings (SSSR count). The Labute approximate surface area is 124 Å². The van der Waals surface area contributed by atoms with Crippen LogP contribution in [-0.2, 0) is 0 Å². The number of carboxylic acids is 1. The van der Waals surface area contributed by atoms with E-state index < -0.39 is 5.97 Å². The van der Waals surface area contributed by atoms with Crippen LogP contribution in [0.25, 0.3) is 11.0 Å². The molecule has 1 saturated carbocycles. The van der Waals surface area contributed by atoms with Crippen molar-refractivity contribution in [2.75, 3.05) is 0 Å². The maximum absolute atomic E-state index is 11.2. The van der Waals surface area contributed by atoms with Gasteiger partial charge in [0.25, 0.3) is 0 Å². The highest BCUT2D eigenvalue weighted by Crippen LogP contribution is 2.42. The first-order valence-corrected chi connectivity index (χ1v) is 7.87. The lowest BCUT2D eigenvalue weighted by Gasteiger charge is -2.17. The van der Waals surface area contributed by atoms with Crippen molar-refractivity contribution in [2.45, 2.75) is 57.9 Å². The molecule has 1 aromatic carbocycles. The van der Waals surface area contributed by atoms with Gasteiger partial charge >= 0.3 is 5.97 Å². The number of aromatic carboxylic acids is 1. The second kappa shape index (κ2) is 5.51. The second-order valence-electron chi connectivity index (χ2n) is 6.11. The maximum Gasteiger partial charge on any atom is 0.335 e. The number of carboxylic acid groups (broad SMARTS) is 1. The van der Waals surface area contributed by atoms with E-state index in [0.29, 0.717) is 17.5 Å². The van der Waals surface area contributed by atoms with E-state index in [4.69, 9.17) is 4.98 Å². The van der Waals surface area contributed by atoms with Crippen LogP contribution in [0.1, 0.15) is 74.1 Å². The third kappa shape index (κ3) is 2.67. The summed E-state index contributed by atoms with van der Waals surface area (Å²) in [4.78, 5) is 16.0. The minimum Gasteiger partial charge on any atom is -0.478 e. The summed E-state index contributed by atoms with van der Waals surface area (Å²) in [7, 11) is 0. The van der Waals surface area contributed by atoms with Crippen molar-refractivity contribution in [3.63, 3.8) is 0 Å². The molecule has 4 heteroatoms. The van der Waals surface area contributed by atoms with Gasteiger partial charge in [0.2, 0.25) is 0 Å². The van der Waals surface area contributed by atoms with E-state index in [2.05, 4.69) is 18.4 Å². The topological polar surface area (TPSA) is 55.1 Å². The van der Waals surface area contributed by atoms with Crippen LogP contribution in [-0.4, -0.2) is 20.6 Å². The van der Waals surface area contributed by atoms with E-state index in [-0.39, 0.29) is 0 Å². The molecule has 1 aliphatic rings. The van der Waals surface area contributed by atoms with Gasteiger partial charge in [-0.3, -0.25) is 0 Å². The van der Waals surface area contributed by atoms with Gasteiger partial charge in [0.1, 0.15) is 5.82 Å². The van der Waals surface area contributed by atoms with Crippen molar-refractivity contribution in [2.24, 2.45) is 0 Å². The number of rotatable bonds is 6. The summed E-state index contributed by atoms with van der Waals surface area (Å²) in [5.74, 6) is 0.838. The lowest BCUT2D eigenvalue weighted by molar-refractivity contribution is 0.0697. The van der Waals surface area contributed by atoms with Gasteiger partial charge in [-0.2, -0.15) is 0 Å². The Bertz CT molecular complexity index is 671. The molecule has 0 bridgehead atoms. The Hall–Kier alpha value is -1.84. The van der Waals surface area contributed by atoms with Crippen molar-refractivity contribution in [1.29, 1.82) is 0 Å². The number of unbranched alkanes of at least 4 members (excludes halogenated alkanes) is 1. The van der Waals surface area contributed by atoms with E-state index in [1.165, 1.54) is 25.7 Å². The van der Waals surface area contributed by atoms with Gasteiger partial charge < -0.3 is 9.67 Å². The fraction of sp³-hybridized carbons (Fsp3) is 0.529. The van der Waals surface area contributed by atoms with Crippen LogP contribution in [0.3, 0.4) is 0 Å². The van der Waals surface area contributed by atoms with Gasteiger partial charge in [-0.05, 0) is 44.4 Å². The summed E-state index contributed by atoms with van der Waals surface area (Å²) in [6, 6.07) is 5.64. The molecule has 4 nitrogen and oxygen atoms in total. The number of benzene rings is 1. The Morgan fingerprint density at radius 3 is 2.86 bits per heavy atom. The second-order valence-corrected chi connectivity index (χ2v) is 6.11. The summed E-state index contributed by atoms with van der Waals surface area (Å²) in [6.07, 6.45) is 5.88. The number of fused-ring (bicyclic) bond motifs is 1. The minimum atomic E-state index is -0.876. The molecule has 112 valence electrons. The lowest BCUT2D eigenvalue weighted by atomic mass is 10.1. The molecule has 1 aliphatic carbocycles. The summed E-state index contributed by atoms with van der Waals surface area (Å²) in [5.41, 5.74) is 2.24. The van der Waals surface area contributed by atoms with Gasteiger partial charge in [0.05, 0.1) is 16.6 Å². The van der Waals surface area contributed by atoms with E-state index in [0.717, 1.165) is 23.3 Å². The molecular formula is C17H22N2O2. The first kappa shape index (κ1) is 14.1. The molecule has 1 atom stereocenters. The molecule has 0 aliphatic heterocycles. The van der Waals surface area contributed by atoms with E-state index in [9.17, 15) is 9.90 Å². The number of aromatic nitrogens is 2. The fourth-order valence-corrected chi connectivity index (χ4v) is 2.97. The average molecular weight is 286 g/mol. The molecular weight excluding hydrogens is 264 g/mol. The highest BCUT2D eigenvalue weighted by molar-refractivity contribution is 5.92. The van der Waals surface area contributed by atoms with Crippen LogP contribution in [0.4, 0.5) is 0 Å². The van der Waals surface area contributed by atoms with Crippen molar-refractivity contribution < 1.29 is 9.90 Å². The normalized spacial score (nSPS) is 16.3. The van der Waals surface area contributed by atoms with Crippen LogP contribution in [0.2, 0.25) is 0 Å². The fourth-order valence-electron chi connectivity index (χ4n) is 2.97. The number of hydrogen-bond acceptors (Lipinski definition) is 2. The smallest absolute Gasteiger partial charge is 0.335 e. The van der Waals surface area contributed by atoms with E-state index in [1.807, 2.05) is 6.07 Å². The predicted octanol–water partition coefficient (Wildman–Crippen LogP) is 4.36. The highest BCUT2D eigenvalue weighted by Gasteiger charge is 2.31. The van der Waals surface area contributed by atoms with Gasteiger partial charge in [-0.25, -0.2) is 9.78 Å². The number of nitrogens with zero attached hydrogens (tertiary/aromatic N) is 2. The highest BCUT2D eigenvalue weighted by atomic mass is 16.4. The van der Waals surface area contributed by atoms with Crippen LogP contribution in [0.15, 0.2) is 18.2 Å². The first-order chi connectivity index (χ1) is 10.1. The van der Waals surface area contributed by atoms with Gasteiger partial charge in [0, 0.05) is 12.0 Å². The number of hydrogen-bond donors (Lipinski definition) is 1.